The fraction of sp³-hybridized carbons (Fsp3) is 0. The van der Waals surface area contributed by atoms with E-state index in [1.54, 1.807) is 0 Å². The fourth-order valence-corrected chi connectivity index (χ4v) is 1.13. The van der Waals surface area contributed by atoms with Gasteiger partial charge in [0.1, 0.15) is 0 Å². The van der Waals surface area contributed by atoms with E-state index in [0.717, 1.165) is 6.20 Å². The first-order valence-electron chi connectivity index (χ1n) is 4.39. The van der Waals surface area contributed by atoms with Crippen molar-refractivity contribution < 1.29 is 18.0 Å². The Morgan fingerprint density at radius 3 is 2.41 bits per heavy atom. The van der Waals surface area contributed by atoms with E-state index in [1.807, 2.05) is 0 Å². The van der Waals surface area contributed by atoms with Crippen LogP contribution in [0.5, 0.6) is 0 Å². The molecule has 2 rings (SSSR count). The lowest BCUT2D eigenvalue weighted by molar-refractivity contribution is 0.102. The van der Waals surface area contributed by atoms with E-state index in [0.29, 0.717) is 12.1 Å². The summed E-state index contributed by atoms with van der Waals surface area (Å²) in [5.41, 5.74) is -0.274. The minimum Gasteiger partial charge on any atom is -0.320 e. The Labute approximate surface area is 92.6 Å². The quantitative estimate of drug-likeness (QED) is 0.783. The van der Waals surface area contributed by atoms with Gasteiger partial charge in [0, 0.05) is 17.8 Å². The minimum absolute atomic E-state index is 0.0601. The maximum atomic E-state index is 12.8. The summed E-state index contributed by atoms with van der Waals surface area (Å²) in [4.78, 5) is 11.4. The summed E-state index contributed by atoms with van der Waals surface area (Å²) in [5.74, 6) is -5.09. The standard InChI is InChI=1S/C9H5F3N4O/c10-5-1-4(2-6(11)8(5)12)14-9(17)7-3-13-16-15-7/h1-3H,(H,14,17)(H,13,15,16). The Hall–Kier alpha value is -2.38. The molecule has 88 valence electrons. The average Bonchev–Trinajstić information content (AvgIpc) is 2.79. The smallest absolute Gasteiger partial charge is 0.277 e. The minimum atomic E-state index is -1.59. The molecule has 0 fully saturated rings. The van der Waals surface area contributed by atoms with Gasteiger partial charge in [0.25, 0.3) is 5.91 Å². The number of nitrogens with zero attached hydrogens (tertiary/aromatic N) is 2. The molecule has 1 aromatic carbocycles. The number of halogens is 3. The number of hydrogen-bond acceptors (Lipinski definition) is 3. The van der Waals surface area contributed by atoms with E-state index in [2.05, 4.69) is 20.7 Å². The van der Waals surface area contributed by atoms with Crippen molar-refractivity contribution in [2.45, 2.75) is 0 Å². The maximum Gasteiger partial charge on any atom is 0.277 e. The fourth-order valence-electron chi connectivity index (χ4n) is 1.13. The molecule has 2 N–H and O–H groups in total. The van der Waals surface area contributed by atoms with Crippen LogP contribution >= 0.6 is 0 Å². The van der Waals surface area contributed by atoms with Crippen LogP contribution in [-0.2, 0) is 0 Å². The lowest BCUT2D eigenvalue weighted by atomic mass is 10.2. The third kappa shape index (κ3) is 2.25. The first-order valence-corrected chi connectivity index (χ1v) is 4.39. The number of benzene rings is 1. The highest BCUT2D eigenvalue weighted by Crippen LogP contribution is 2.17. The van der Waals surface area contributed by atoms with Crippen LogP contribution in [0.3, 0.4) is 0 Å². The van der Waals surface area contributed by atoms with Crippen LogP contribution in [-0.4, -0.2) is 21.3 Å². The summed E-state index contributed by atoms with van der Waals surface area (Å²) in [5, 5.41) is 11.2. The molecule has 1 amide bonds. The lowest BCUT2D eigenvalue weighted by Gasteiger charge is -2.04. The Bertz CT molecular complexity index is 532. The van der Waals surface area contributed by atoms with Crippen molar-refractivity contribution in [3.05, 3.63) is 41.5 Å². The first kappa shape index (κ1) is 11.1. The van der Waals surface area contributed by atoms with Crippen LogP contribution in [0.15, 0.2) is 18.3 Å². The van der Waals surface area contributed by atoms with E-state index >= 15 is 0 Å². The molecule has 0 aliphatic carbocycles. The molecule has 2 aromatic rings. The Morgan fingerprint density at radius 1 is 1.24 bits per heavy atom. The summed E-state index contributed by atoms with van der Waals surface area (Å²) >= 11 is 0. The molecule has 0 unspecified atom stereocenters. The number of carbonyl (C=O) groups excluding carboxylic acids is 1. The second kappa shape index (κ2) is 4.24. The number of nitrogens with one attached hydrogen (secondary N) is 2. The number of aromatic nitrogens is 3. The summed E-state index contributed by atoms with van der Waals surface area (Å²) in [6.07, 6.45) is 1.13. The van der Waals surface area contributed by atoms with Crippen molar-refractivity contribution in [3.8, 4) is 0 Å². The van der Waals surface area contributed by atoms with Crippen molar-refractivity contribution in [1.29, 1.82) is 0 Å². The highest BCUT2D eigenvalue weighted by Gasteiger charge is 2.14. The van der Waals surface area contributed by atoms with Gasteiger partial charge in [0.05, 0.1) is 6.20 Å². The van der Waals surface area contributed by atoms with Crippen LogP contribution in [0.1, 0.15) is 10.5 Å². The summed E-state index contributed by atoms with van der Waals surface area (Å²) < 4.78 is 38.3. The number of rotatable bonds is 2. The summed E-state index contributed by atoms with van der Waals surface area (Å²) in [7, 11) is 0. The molecule has 0 spiro atoms. The number of H-pyrrole nitrogens is 1. The molecule has 0 saturated carbocycles. The third-order valence-electron chi connectivity index (χ3n) is 1.89. The van der Waals surface area contributed by atoms with Gasteiger partial charge in [0.2, 0.25) is 0 Å². The van der Waals surface area contributed by atoms with E-state index in [4.69, 9.17) is 0 Å². The second-order valence-electron chi connectivity index (χ2n) is 3.06. The Balaban J connectivity index is 2.22. The van der Waals surface area contributed by atoms with Crippen molar-refractivity contribution in [1.82, 2.24) is 15.4 Å². The van der Waals surface area contributed by atoms with Gasteiger partial charge in [-0.25, -0.2) is 13.2 Å². The molecule has 0 saturated heterocycles. The molecule has 8 heteroatoms. The second-order valence-corrected chi connectivity index (χ2v) is 3.06. The van der Waals surface area contributed by atoms with Crippen LogP contribution < -0.4 is 5.32 Å². The van der Waals surface area contributed by atoms with Crippen molar-refractivity contribution in [2.75, 3.05) is 5.32 Å². The molecule has 0 atom stereocenters. The number of anilines is 1. The van der Waals surface area contributed by atoms with Crippen LogP contribution in [0.25, 0.3) is 0 Å². The predicted octanol–water partition coefficient (Wildman–Crippen LogP) is 1.47. The number of hydrogen-bond donors (Lipinski definition) is 2. The molecule has 1 aromatic heterocycles. The van der Waals surface area contributed by atoms with Crippen LogP contribution in [0.4, 0.5) is 18.9 Å². The number of carbonyl (C=O) groups is 1. The van der Waals surface area contributed by atoms with Gasteiger partial charge < -0.3 is 5.32 Å². The van der Waals surface area contributed by atoms with Crippen molar-refractivity contribution in [2.24, 2.45) is 0 Å². The first-order chi connectivity index (χ1) is 8.08. The highest BCUT2D eigenvalue weighted by molar-refractivity contribution is 6.02. The maximum absolute atomic E-state index is 12.8. The summed E-state index contributed by atoms with van der Waals surface area (Å²) in [6, 6.07) is 1.33. The zero-order valence-corrected chi connectivity index (χ0v) is 8.17. The SMILES string of the molecule is O=C(Nc1cc(F)c(F)c(F)c1)c1cn[nH]n1. The van der Waals surface area contributed by atoms with Crippen LogP contribution in [0.2, 0.25) is 0 Å². The molecule has 0 aliphatic rings. The molecular weight excluding hydrogens is 237 g/mol. The number of amides is 1. The molecule has 0 bridgehead atoms. The van der Waals surface area contributed by atoms with Gasteiger partial charge >= 0.3 is 0 Å². The normalized spacial score (nSPS) is 10.3. The van der Waals surface area contributed by atoms with Gasteiger partial charge in [-0.3, -0.25) is 4.79 Å². The molecule has 1 heterocycles. The third-order valence-corrected chi connectivity index (χ3v) is 1.89. The zero-order chi connectivity index (χ0) is 12.4. The summed E-state index contributed by atoms with van der Waals surface area (Å²) in [6.45, 7) is 0. The topological polar surface area (TPSA) is 70.7 Å². The molecule has 0 aliphatic heterocycles. The zero-order valence-electron chi connectivity index (χ0n) is 8.17. The lowest BCUT2D eigenvalue weighted by Crippen LogP contribution is -2.13. The Kier molecular flexibility index (Phi) is 2.77. The largest absolute Gasteiger partial charge is 0.320 e. The van der Waals surface area contributed by atoms with Gasteiger partial charge in [-0.2, -0.15) is 15.4 Å². The van der Waals surface area contributed by atoms with E-state index < -0.39 is 23.4 Å². The molecule has 0 radical (unpaired) electrons. The monoisotopic (exact) mass is 242 g/mol. The average molecular weight is 242 g/mol. The number of aromatic amines is 1. The van der Waals surface area contributed by atoms with E-state index in [9.17, 15) is 18.0 Å². The Morgan fingerprint density at radius 2 is 1.88 bits per heavy atom. The van der Waals surface area contributed by atoms with E-state index in [-0.39, 0.29) is 11.4 Å². The van der Waals surface area contributed by atoms with Crippen molar-refractivity contribution >= 4 is 11.6 Å². The molecule has 17 heavy (non-hydrogen) atoms. The van der Waals surface area contributed by atoms with Gasteiger partial charge in [0.15, 0.2) is 23.1 Å². The van der Waals surface area contributed by atoms with Gasteiger partial charge in [-0.1, -0.05) is 0 Å². The van der Waals surface area contributed by atoms with Gasteiger partial charge in [-0.05, 0) is 0 Å². The van der Waals surface area contributed by atoms with Crippen molar-refractivity contribution in [3.63, 3.8) is 0 Å². The molecule has 5 nitrogen and oxygen atoms in total. The van der Waals surface area contributed by atoms with Gasteiger partial charge in [-0.15, -0.1) is 0 Å². The highest BCUT2D eigenvalue weighted by atomic mass is 19.2. The predicted molar refractivity (Wildman–Crippen MR) is 50.7 cm³/mol. The van der Waals surface area contributed by atoms with Crippen LogP contribution in [0, 0.1) is 17.5 Å². The van der Waals surface area contributed by atoms with E-state index in [1.165, 1.54) is 0 Å². The molecular formula is C9H5F3N4O.